The van der Waals surface area contributed by atoms with Crippen molar-refractivity contribution in [3.63, 3.8) is 0 Å². The molecule has 1 aliphatic heterocycles. The van der Waals surface area contributed by atoms with E-state index in [1.54, 1.807) is 0 Å². The Bertz CT molecular complexity index is 260. The maximum atomic E-state index is 9.91. The predicted octanol–water partition coefficient (Wildman–Crippen LogP) is 0.655. The molecule has 2 fully saturated rings. The van der Waals surface area contributed by atoms with Crippen LogP contribution >= 0.6 is 11.8 Å². The molecular formula is C11H21N3OS. The quantitative estimate of drug-likeness (QED) is 0.564. The summed E-state index contributed by atoms with van der Waals surface area (Å²) in [5.41, 5.74) is 5.49. The number of hydrogen-bond donors (Lipinski definition) is 2. The molecule has 0 aromatic heterocycles. The van der Waals surface area contributed by atoms with Gasteiger partial charge in [0.1, 0.15) is 0 Å². The van der Waals surface area contributed by atoms with Crippen molar-refractivity contribution in [2.75, 3.05) is 31.1 Å². The number of rotatable bonds is 3. The van der Waals surface area contributed by atoms with E-state index in [2.05, 4.69) is 9.89 Å². The van der Waals surface area contributed by atoms with Crippen molar-refractivity contribution in [1.29, 1.82) is 0 Å². The molecule has 5 heteroatoms. The van der Waals surface area contributed by atoms with E-state index in [4.69, 9.17) is 5.73 Å². The zero-order valence-electron chi connectivity index (χ0n) is 9.69. The minimum absolute atomic E-state index is 0.429. The maximum absolute atomic E-state index is 9.91. The molecule has 0 bridgehead atoms. The normalized spacial score (nSPS) is 25.3. The van der Waals surface area contributed by atoms with Gasteiger partial charge in [-0.25, -0.2) is 0 Å². The van der Waals surface area contributed by atoms with E-state index in [0.29, 0.717) is 12.5 Å². The summed E-state index contributed by atoms with van der Waals surface area (Å²) in [6, 6.07) is 0. The average Bonchev–Trinajstić information content (AvgIpc) is 2.28. The Hall–Kier alpha value is -0.420. The van der Waals surface area contributed by atoms with Crippen molar-refractivity contribution in [1.82, 2.24) is 4.90 Å². The van der Waals surface area contributed by atoms with Crippen LogP contribution in [0.4, 0.5) is 0 Å². The van der Waals surface area contributed by atoms with Crippen LogP contribution < -0.4 is 5.73 Å². The first-order chi connectivity index (χ1) is 7.70. The van der Waals surface area contributed by atoms with Gasteiger partial charge in [0, 0.05) is 31.1 Å². The molecule has 0 radical (unpaired) electrons. The standard InChI is InChI=1S/C11H21N3OS/c12-10(14-6-8-16-9-7-14)13-5-4-11(15)2-1-3-11/h15H,1-9H2,(H2,12,13). The second-order valence-electron chi connectivity index (χ2n) is 4.67. The van der Waals surface area contributed by atoms with Gasteiger partial charge in [0.2, 0.25) is 0 Å². The fourth-order valence-electron chi connectivity index (χ4n) is 2.11. The van der Waals surface area contributed by atoms with Crippen LogP contribution in [0.3, 0.4) is 0 Å². The summed E-state index contributed by atoms with van der Waals surface area (Å²) in [5, 5.41) is 9.91. The topological polar surface area (TPSA) is 61.9 Å². The number of aliphatic hydroxyl groups is 1. The minimum atomic E-state index is -0.429. The molecule has 3 N–H and O–H groups in total. The van der Waals surface area contributed by atoms with E-state index in [1.165, 1.54) is 0 Å². The van der Waals surface area contributed by atoms with E-state index >= 15 is 0 Å². The minimum Gasteiger partial charge on any atom is -0.390 e. The van der Waals surface area contributed by atoms with E-state index in [9.17, 15) is 5.11 Å². The van der Waals surface area contributed by atoms with Crippen molar-refractivity contribution in [3.05, 3.63) is 0 Å². The Morgan fingerprint density at radius 3 is 2.62 bits per heavy atom. The van der Waals surface area contributed by atoms with Gasteiger partial charge >= 0.3 is 0 Å². The number of nitrogens with two attached hydrogens (primary N) is 1. The second-order valence-corrected chi connectivity index (χ2v) is 5.89. The Morgan fingerprint density at radius 1 is 1.38 bits per heavy atom. The number of guanidine groups is 1. The predicted molar refractivity (Wildman–Crippen MR) is 68.8 cm³/mol. The van der Waals surface area contributed by atoms with Gasteiger partial charge in [-0.05, 0) is 25.7 Å². The molecule has 0 amide bonds. The smallest absolute Gasteiger partial charge is 0.191 e. The Kier molecular flexibility index (Phi) is 3.97. The molecule has 1 heterocycles. The van der Waals surface area contributed by atoms with Gasteiger partial charge < -0.3 is 15.7 Å². The molecular weight excluding hydrogens is 222 g/mol. The van der Waals surface area contributed by atoms with E-state index in [-0.39, 0.29) is 0 Å². The number of thioether (sulfide) groups is 1. The molecule has 1 saturated carbocycles. The molecule has 1 aliphatic carbocycles. The van der Waals surface area contributed by atoms with Crippen molar-refractivity contribution >= 4 is 17.7 Å². The van der Waals surface area contributed by atoms with Crippen molar-refractivity contribution in [2.24, 2.45) is 10.7 Å². The molecule has 1 saturated heterocycles. The Morgan fingerprint density at radius 2 is 2.06 bits per heavy atom. The second kappa shape index (κ2) is 5.27. The largest absolute Gasteiger partial charge is 0.390 e. The molecule has 92 valence electrons. The Labute approximate surface area is 101 Å². The lowest BCUT2D eigenvalue weighted by molar-refractivity contribution is -0.0378. The van der Waals surface area contributed by atoms with Crippen LogP contribution in [0.25, 0.3) is 0 Å². The highest BCUT2D eigenvalue weighted by Crippen LogP contribution is 2.34. The zero-order chi connectivity index (χ0) is 11.4. The Balaban J connectivity index is 1.73. The third-order valence-electron chi connectivity index (χ3n) is 3.47. The summed E-state index contributed by atoms with van der Waals surface area (Å²) in [5.74, 6) is 2.93. The highest BCUT2D eigenvalue weighted by molar-refractivity contribution is 7.99. The number of hydrogen-bond acceptors (Lipinski definition) is 3. The van der Waals surface area contributed by atoms with Crippen molar-refractivity contribution in [3.8, 4) is 0 Å². The van der Waals surface area contributed by atoms with Crippen LogP contribution in [0, 0.1) is 0 Å². The highest BCUT2D eigenvalue weighted by atomic mass is 32.2. The molecule has 0 aromatic rings. The first-order valence-corrected chi connectivity index (χ1v) is 7.20. The molecule has 0 aromatic carbocycles. The lowest BCUT2D eigenvalue weighted by Crippen LogP contribution is -2.43. The van der Waals surface area contributed by atoms with Gasteiger partial charge in [0.15, 0.2) is 5.96 Å². The van der Waals surface area contributed by atoms with E-state index < -0.39 is 5.60 Å². The maximum Gasteiger partial charge on any atom is 0.191 e. The zero-order valence-corrected chi connectivity index (χ0v) is 10.5. The fraction of sp³-hybridized carbons (Fsp3) is 0.909. The van der Waals surface area contributed by atoms with Gasteiger partial charge in [-0.3, -0.25) is 4.99 Å². The fourth-order valence-corrected chi connectivity index (χ4v) is 3.01. The summed E-state index contributed by atoms with van der Waals surface area (Å²) in [7, 11) is 0. The van der Waals surface area contributed by atoms with Crippen LogP contribution in [0.5, 0.6) is 0 Å². The summed E-state index contributed by atoms with van der Waals surface area (Å²) in [6.07, 6.45) is 3.78. The van der Waals surface area contributed by atoms with Crippen LogP contribution in [-0.2, 0) is 0 Å². The lowest BCUT2D eigenvalue weighted by Gasteiger charge is -2.36. The number of nitrogens with zero attached hydrogens (tertiary/aromatic N) is 2. The molecule has 0 unspecified atom stereocenters. The van der Waals surface area contributed by atoms with Crippen LogP contribution in [-0.4, -0.2) is 52.7 Å². The van der Waals surface area contributed by atoms with Crippen LogP contribution in [0.1, 0.15) is 25.7 Å². The van der Waals surface area contributed by atoms with Gasteiger partial charge in [0.05, 0.1) is 5.60 Å². The van der Waals surface area contributed by atoms with Gasteiger partial charge in [-0.2, -0.15) is 11.8 Å². The molecule has 4 nitrogen and oxygen atoms in total. The molecule has 0 spiro atoms. The van der Waals surface area contributed by atoms with Crippen LogP contribution in [0.2, 0.25) is 0 Å². The molecule has 0 atom stereocenters. The van der Waals surface area contributed by atoms with E-state index in [0.717, 1.165) is 50.3 Å². The first kappa shape index (κ1) is 12.0. The molecule has 2 rings (SSSR count). The highest BCUT2D eigenvalue weighted by Gasteiger charge is 2.33. The summed E-state index contributed by atoms with van der Waals surface area (Å²) < 4.78 is 0. The number of aliphatic imine (C=N–C) groups is 1. The van der Waals surface area contributed by atoms with Gasteiger partial charge in [-0.15, -0.1) is 0 Å². The third-order valence-corrected chi connectivity index (χ3v) is 4.41. The lowest BCUT2D eigenvalue weighted by atomic mass is 9.78. The summed E-state index contributed by atoms with van der Waals surface area (Å²) in [4.78, 5) is 6.51. The van der Waals surface area contributed by atoms with Crippen molar-refractivity contribution < 1.29 is 5.11 Å². The average molecular weight is 243 g/mol. The molecule has 16 heavy (non-hydrogen) atoms. The first-order valence-electron chi connectivity index (χ1n) is 6.05. The third kappa shape index (κ3) is 3.04. The summed E-state index contributed by atoms with van der Waals surface area (Å²) in [6.45, 7) is 2.67. The SMILES string of the molecule is NC(=NCCC1(O)CCC1)N1CCSCC1. The van der Waals surface area contributed by atoms with Crippen LogP contribution in [0.15, 0.2) is 4.99 Å². The van der Waals surface area contributed by atoms with Gasteiger partial charge in [0.25, 0.3) is 0 Å². The molecule has 2 aliphatic rings. The van der Waals surface area contributed by atoms with E-state index in [1.807, 2.05) is 11.8 Å². The monoisotopic (exact) mass is 243 g/mol. The van der Waals surface area contributed by atoms with Crippen molar-refractivity contribution in [2.45, 2.75) is 31.3 Å². The summed E-state index contributed by atoms with van der Waals surface area (Å²) >= 11 is 1.96. The van der Waals surface area contributed by atoms with Gasteiger partial charge in [-0.1, -0.05) is 0 Å².